The van der Waals surface area contributed by atoms with Crippen LogP contribution in [0.4, 0.5) is 0 Å². The van der Waals surface area contributed by atoms with Gasteiger partial charge in [0.2, 0.25) is 11.6 Å². The molecule has 5 rings (SSSR count). The summed E-state index contributed by atoms with van der Waals surface area (Å²) in [4.78, 5) is 37.3. The van der Waals surface area contributed by atoms with Crippen LogP contribution in [-0.2, 0) is 32.9 Å². The van der Waals surface area contributed by atoms with E-state index >= 15 is 0 Å². The van der Waals surface area contributed by atoms with Crippen molar-refractivity contribution in [2.45, 2.75) is 78.1 Å². The van der Waals surface area contributed by atoms with E-state index in [1.807, 2.05) is 61.2 Å². The molecule has 1 aromatic carbocycles. The standard InChI is InChI=1S/C34H37N8.Ir/c1-3-5-7-10-14-25-20-36-31(37-21-25)33-40-30(28-18-19-29(35-24-28)27-16-12-9-13-17-27)41-34(42-33)32-38-22-26(23-39-32)15-11-8-6-4-2;/h9,12-13,16,18-24H,3-8,10-11,14-15H2,1-2H3;/q-1;. The van der Waals surface area contributed by atoms with E-state index in [-0.39, 0.29) is 20.1 Å². The molecule has 0 aliphatic rings. The summed E-state index contributed by atoms with van der Waals surface area (Å²) in [5, 5.41) is 0. The molecule has 0 N–H and O–H groups in total. The molecule has 4 heterocycles. The van der Waals surface area contributed by atoms with E-state index in [2.05, 4.69) is 44.8 Å². The van der Waals surface area contributed by atoms with Crippen molar-refractivity contribution >= 4 is 0 Å². The molecule has 9 heteroatoms. The maximum Gasteiger partial charge on any atom is 0.201 e. The molecule has 0 aliphatic carbocycles. The van der Waals surface area contributed by atoms with E-state index in [4.69, 9.17) is 15.0 Å². The van der Waals surface area contributed by atoms with E-state index < -0.39 is 0 Å². The van der Waals surface area contributed by atoms with Crippen molar-refractivity contribution in [3.63, 3.8) is 0 Å². The van der Waals surface area contributed by atoms with Crippen molar-refractivity contribution in [1.82, 2.24) is 39.9 Å². The molecular weight excluding hydrogens is 713 g/mol. The molecule has 0 bridgehead atoms. The summed E-state index contributed by atoms with van der Waals surface area (Å²) in [7, 11) is 0. The third-order valence-electron chi connectivity index (χ3n) is 7.09. The fourth-order valence-electron chi connectivity index (χ4n) is 4.65. The van der Waals surface area contributed by atoms with Gasteiger partial charge in [-0.25, -0.2) is 34.9 Å². The number of nitrogens with zero attached hydrogens (tertiary/aromatic N) is 8. The second kappa shape index (κ2) is 16.7. The number of hydrogen-bond donors (Lipinski definition) is 0. The Labute approximate surface area is 267 Å². The smallest absolute Gasteiger partial charge is 0.201 e. The third-order valence-corrected chi connectivity index (χ3v) is 7.09. The minimum atomic E-state index is 0. The van der Waals surface area contributed by atoms with Crippen LogP contribution in [0.25, 0.3) is 45.9 Å². The minimum absolute atomic E-state index is 0. The van der Waals surface area contributed by atoms with Gasteiger partial charge >= 0.3 is 0 Å². The van der Waals surface area contributed by atoms with Gasteiger partial charge in [0.15, 0.2) is 17.5 Å². The zero-order chi connectivity index (χ0) is 29.0. The monoisotopic (exact) mass is 750 g/mol. The summed E-state index contributed by atoms with van der Waals surface area (Å²) < 4.78 is 0. The summed E-state index contributed by atoms with van der Waals surface area (Å²) in [5.41, 5.74) is 4.72. The van der Waals surface area contributed by atoms with Crippen molar-refractivity contribution in [3.8, 4) is 45.9 Å². The molecule has 223 valence electrons. The van der Waals surface area contributed by atoms with Crippen LogP contribution in [-0.4, -0.2) is 39.9 Å². The number of rotatable bonds is 14. The molecule has 0 atom stereocenters. The van der Waals surface area contributed by atoms with E-state index in [0.29, 0.717) is 29.1 Å². The van der Waals surface area contributed by atoms with Gasteiger partial charge in [-0.15, -0.1) is 35.9 Å². The molecule has 43 heavy (non-hydrogen) atoms. The molecule has 5 aromatic rings. The molecule has 8 nitrogen and oxygen atoms in total. The van der Waals surface area contributed by atoms with Crippen LogP contribution in [0.2, 0.25) is 0 Å². The van der Waals surface area contributed by atoms with Crippen LogP contribution >= 0.6 is 0 Å². The van der Waals surface area contributed by atoms with Gasteiger partial charge in [-0.2, -0.15) is 0 Å². The average Bonchev–Trinajstić information content (AvgIpc) is 3.06. The van der Waals surface area contributed by atoms with Crippen LogP contribution in [0.1, 0.15) is 76.3 Å². The molecule has 0 amide bonds. The summed E-state index contributed by atoms with van der Waals surface area (Å²) >= 11 is 0. The second-order valence-electron chi connectivity index (χ2n) is 10.5. The predicted molar refractivity (Wildman–Crippen MR) is 165 cm³/mol. The van der Waals surface area contributed by atoms with Crippen LogP contribution in [0.3, 0.4) is 0 Å². The Morgan fingerprint density at radius 3 is 1.56 bits per heavy atom. The first-order chi connectivity index (χ1) is 20.7. The van der Waals surface area contributed by atoms with Gasteiger partial charge in [-0.05, 0) is 42.5 Å². The summed E-state index contributed by atoms with van der Waals surface area (Å²) in [5.74, 6) is 2.09. The van der Waals surface area contributed by atoms with Crippen molar-refractivity contribution in [2.75, 3.05) is 0 Å². The zero-order valence-electron chi connectivity index (χ0n) is 24.8. The van der Waals surface area contributed by atoms with Gasteiger partial charge in [0.25, 0.3) is 0 Å². The van der Waals surface area contributed by atoms with Crippen molar-refractivity contribution in [2.24, 2.45) is 0 Å². The molecule has 0 spiro atoms. The summed E-state index contributed by atoms with van der Waals surface area (Å²) in [6.07, 6.45) is 20.8. The molecule has 0 unspecified atom stereocenters. The Hall–Kier alpha value is -3.81. The van der Waals surface area contributed by atoms with E-state index in [0.717, 1.165) is 53.6 Å². The average molecular weight is 750 g/mol. The fourth-order valence-corrected chi connectivity index (χ4v) is 4.65. The summed E-state index contributed by atoms with van der Waals surface area (Å²) in [6, 6.07) is 14.9. The van der Waals surface area contributed by atoms with Crippen LogP contribution in [0.15, 0.2) is 67.4 Å². The van der Waals surface area contributed by atoms with Crippen molar-refractivity contribution in [1.29, 1.82) is 0 Å². The van der Waals surface area contributed by atoms with Crippen molar-refractivity contribution < 1.29 is 20.1 Å². The molecule has 0 aliphatic heterocycles. The normalized spacial score (nSPS) is 10.8. The number of hydrogen-bond acceptors (Lipinski definition) is 8. The molecule has 1 radical (unpaired) electrons. The van der Waals surface area contributed by atoms with Gasteiger partial charge in [0, 0.05) is 56.7 Å². The quantitative estimate of drug-likeness (QED) is 0.0847. The minimum Gasteiger partial charge on any atom is -0.304 e. The SMILES string of the molecule is CCCCCCc1cnc(-c2nc(-c3ccc(-c4[c-]cccc4)nc3)nc(-c3ncc(CCCCCC)cn3)n2)nc1.[Ir]. The van der Waals surface area contributed by atoms with Gasteiger partial charge < -0.3 is 4.98 Å². The predicted octanol–water partition coefficient (Wildman–Crippen LogP) is 7.56. The number of benzene rings is 1. The van der Waals surface area contributed by atoms with Crippen molar-refractivity contribution in [3.05, 3.63) is 84.6 Å². The first-order valence-electron chi connectivity index (χ1n) is 15.1. The zero-order valence-corrected chi connectivity index (χ0v) is 27.2. The molecule has 4 aromatic heterocycles. The molecular formula is C34H37IrN8-. The van der Waals surface area contributed by atoms with E-state index in [1.54, 1.807) is 6.20 Å². The van der Waals surface area contributed by atoms with Gasteiger partial charge in [-0.1, -0.05) is 64.5 Å². The topological polar surface area (TPSA) is 103 Å². The van der Waals surface area contributed by atoms with Gasteiger partial charge in [0.1, 0.15) is 0 Å². The maximum atomic E-state index is 4.74. The Bertz CT molecular complexity index is 1450. The third kappa shape index (κ3) is 9.09. The number of pyridine rings is 1. The largest absolute Gasteiger partial charge is 0.304 e. The van der Waals surface area contributed by atoms with E-state index in [9.17, 15) is 0 Å². The van der Waals surface area contributed by atoms with Crippen LogP contribution in [0, 0.1) is 6.07 Å². The molecule has 0 saturated carbocycles. The van der Waals surface area contributed by atoms with Crippen LogP contribution < -0.4 is 0 Å². The first-order valence-corrected chi connectivity index (χ1v) is 15.1. The number of aryl methyl sites for hydroxylation is 2. The first kappa shape index (κ1) is 32.1. The van der Waals surface area contributed by atoms with Gasteiger partial charge in [0.05, 0.1) is 0 Å². The second-order valence-corrected chi connectivity index (χ2v) is 10.5. The Balaban J connectivity index is 0.00000423. The fraction of sp³-hybridized carbons (Fsp3) is 0.353. The Morgan fingerprint density at radius 1 is 0.535 bits per heavy atom. The summed E-state index contributed by atoms with van der Waals surface area (Å²) in [6.45, 7) is 4.44. The Morgan fingerprint density at radius 2 is 1.09 bits per heavy atom. The van der Waals surface area contributed by atoms with E-state index in [1.165, 1.54) is 38.5 Å². The number of unbranched alkanes of at least 4 members (excludes halogenated alkanes) is 6. The van der Waals surface area contributed by atoms with Crippen LogP contribution in [0.5, 0.6) is 0 Å². The molecule has 0 saturated heterocycles. The Kier molecular flexibility index (Phi) is 12.5. The van der Waals surface area contributed by atoms with Gasteiger partial charge in [-0.3, -0.25) is 0 Å². The number of aromatic nitrogens is 8. The maximum absolute atomic E-state index is 4.74. The molecule has 0 fully saturated rings.